The lowest BCUT2D eigenvalue weighted by molar-refractivity contribution is 0.0995. The van der Waals surface area contributed by atoms with Crippen LogP contribution in [0.25, 0.3) is 11.3 Å². The van der Waals surface area contributed by atoms with Crippen molar-refractivity contribution in [3.8, 4) is 17.0 Å². The third kappa shape index (κ3) is 3.92. The van der Waals surface area contributed by atoms with Gasteiger partial charge in [0.2, 0.25) is 5.95 Å². The fourth-order valence-corrected chi connectivity index (χ4v) is 1.80. The SMILES string of the molecule is CCCCOc1ccc(-c2cc(C(N)=O)nc(N)n2)cc1. The highest BCUT2D eigenvalue weighted by molar-refractivity contribution is 5.92. The zero-order valence-corrected chi connectivity index (χ0v) is 11.9. The molecule has 0 aliphatic heterocycles. The first-order valence-corrected chi connectivity index (χ1v) is 6.77. The van der Waals surface area contributed by atoms with Crippen LogP contribution in [0, 0.1) is 0 Å². The van der Waals surface area contributed by atoms with E-state index in [4.69, 9.17) is 16.2 Å². The van der Waals surface area contributed by atoms with Crippen molar-refractivity contribution in [2.24, 2.45) is 5.73 Å². The number of primary amides is 1. The summed E-state index contributed by atoms with van der Waals surface area (Å²) in [5.74, 6) is 0.179. The number of nitrogens with two attached hydrogens (primary N) is 2. The monoisotopic (exact) mass is 286 g/mol. The van der Waals surface area contributed by atoms with Crippen LogP contribution in [-0.2, 0) is 0 Å². The summed E-state index contributed by atoms with van der Waals surface area (Å²) in [6, 6.07) is 8.94. The molecule has 6 heteroatoms. The minimum absolute atomic E-state index is 0.0181. The number of hydrogen-bond acceptors (Lipinski definition) is 5. The Balaban J connectivity index is 2.20. The standard InChI is InChI=1S/C15H18N4O2/c1-2-3-8-21-11-6-4-10(5-7-11)12-9-13(14(16)20)19-15(17)18-12/h4-7,9H,2-3,8H2,1H3,(H2,16,20)(H2,17,18,19). The summed E-state index contributed by atoms with van der Waals surface area (Å²) < 4.78 is 5.59. The van der Waals surface area contributed by atoms with Crippen molar-refractivity contribution >= 4 is 11.9 Å². The first kappa shape index (κ1) is 14.8. The maximum atomic E-state index is 11.2. The van der Waals surface area contributed by atoms with Gasteiger partial charge in [-0.25, -0.2) is 9.97 Å². The van der Waals surface area contributed by atoms with Crippen molar-refractivity contribution in [3.05, 3.63) is 36.0 Å². The number of nitrogen functional groups attached to an aromatic ring is 1. The third-order valence-electron chi connectivity index (χ3n) is 2.91. The van der Waals surface area contributed by atoms with E-state index in [0.717, 1.165) is 24.2 Å². The van der Waals surface area contributed by atoms with Gasteiger partial charge >= 0.3 is 0 Å². The van der Waals surface area contributed by atoms with Crippen LogP contribution in [0.15, 0.2) is 30.3 Å². The Labute approximate surface area is 123 Å². The highest BCUT2D eigenvalue weighted by atomic mass is 16.5. The lowest BCUT2D eigenvalue weighted by Crippen LogP contribution is -2.15. The second kappa shape index (κ2) is 6.69. The molecule has 0 atom stereocenters. The summed E-state index contributed by atoms with van der Waals surface area (Å²) in [6.45, 7) is 2.81. The van der Waals surface area contributed by atoms with Gasteiger partial charge in [-0.1, -0.05) is 13.3 Å². The number of hydrogen-bond donors (Lipinski definition) is 2. The van der Waals surface area contributed by atoms with Crippen LogP contribution in [0.5, 0.6) is 5.75 Å². The highest BCUT2D eigenvalue weighted by Crippen LogP contribution is 2.22. The molecule has 0 aliphatic carbocycles. The van der Waals surface area contributed by atoms with Crippen LogP contribution >= 0.6 is 0 Å². The van der Waals surface area contributed by atoms with Gasteiger partial charge in [0.05, 0.1) is 12.3 Å². The molecule has 0 aliphatic rings. The van der Waals surface area contributed by atoms with Gasteiger partial charge in [0.25, 0.3) is 5.91 Å². The molecule has 21 heavy (non-hydrogen) atoms. The molecule has 1 aromatic heterocycles. The lowest BCUT2D eigenvalue weighted by Gasteiger charge is -2.07. The van der Waals surface area contributed by atoms with Crippen LogP contribution in [0.3, 0.4) is 0 Å². The second-order valence-corrected chi connectivity index (χ2v) is 4.59. The van der Waals surface area contributed by atoms with Gasteiger partial charge in [-0.2, -0.15) is 0 Å². The number of rotatable bonds is 6. The molecule has 6 nitrogen and oxygen atoms in total. The van der Waals surface area contributed by atoms with Gasteiger partial charge in [0, 0.05) is 5.56 Å². The molecule has 1 aromatic carbocycles. The zero-order valence-electron chi connectivity index (χ0n) is 11.9. The summed E-state index contributed by atoms with van der Waals surface area (Å²) in [7, 11) is 0. The molecular formula is C15H18N4O2. The van der Waals surface area contributed by atoms with Crippen molar-refractivity contribution < 1.29 is 9.53 Å². The van der Waals surface area contributed by atoms with E-state index in [0.29, 0.717) is 12.3 Å². The third-order valence-corrected chi connectivity index (χ3v) is 2.91. The van der Waals surface area contributed by atoms with E-state index in [9.17, 15) is 4.79 Å². The van der Waals surface area contributed by atoms with Crippen LogP contribution in [-0.4, -0.2) is 22.5 Å². The quantitative estimate of drug-likeness (QED) is 0.790. The summed E-state index contributed by atoms with van der Waals surface area (Å²) in [4.78, 5) is 19.1. The minimum Gasteiger partial charge on any atom is -0.494 e. The number of aromatic nitrogens is 2. The van der Waals surface area contributed by atoms with E-state index in [1.165, 1.54) is 6.07 Å². The first-order chi connectivity index (χ1) is 10.1. The Hall–Kier alpha value is -2.63. The lowest BCUT2D eigenvalue weighted by atomic mass is 10.1. The molecule has 2 rings (SSSR count). The van der Waals surface area contributed by atoms with Crippen molar-refractivity contribution in [3.63, 3.8) is 0 Å². The van der Waals surface area contributed by atoms with Gasteiger partial charge in [-0.05, 0) is 36.8 Å². The Bertz CT molecular complexity index is 626. The van der Waals surface area contributed by atoms with Gasteiger partial charge in [-0.3, -0.25) is 4.79 Å². The number of carbonyl (C=O) groups is 1. The molecule has 1 amide bonds. The smallest absolute Gasteiger partial charge is 0.267 e. The van der Waals surface area contributed by atoms with Crippen LogP contribution in [0.2, 0.25) is 0 Å². The largest absolute Gasteiger partial charge is 0.494 e. The topological polar surface area (TPSA) is 104 Å². The average Bonchev–Trinajstić information content (AvgIpc) is 2.47. The maximum absolute atomic E-state index is 11.2. The molecule has 4 N–H and O–H groups in total. The van der Waals surface area contributed by atoms with Gasteiger partial charge < -0.3 is 16.2 Å². The van der Waals surface area contributed by atoms with E-state index >= 15 is 0 Å². The zero-order chi connectivity index (χ0) is 15.2. The fraction of sp³-hybridized carbons (Fsp3) is 0.267. The van der Waals surface area contributed by atoms with Crippen molar-refractivity contribution in [1.82, 2.24) is 9.97 Å². The number of ether oxygens (including phenoxy) is 1. The fourth-order valence-electron chi connectivity index (χ4n) is 1.80. The van der Waals surface area contributed by atoms with Crippen molar-refractivity contribution in [2.75, 3.05) is 12.3 Å². The van der Waals surface area contributed by atoms with E-state index in [-0.39, 0.29) is 11.6 Å². The maximum Gasteiger partial charge on any atom is 0.267 e. The summed E-state index contributed by atoms with van der Waals surface area (Å²) >= 11 is 0. The van der Waals surface area contributed by atoms with E-state index in [1.54, 1.807) is 0 Å². The van der Waals surface area contributed by atoms with Crippen LogP contribution in [0.1, 0.15) is 30.3 Å². The number of nitrogens with zero attached hydrogens (tertiary/aromatic N) is 2. The van der Waals surface area contributed by atoms with E-state index in [2.05, 4.69) is 16.9 Å². The molecule has 1 heterocycles. The number of unbranched alkanes of at least 4 members (excludes halogenated alkanes) is 1. The molecule has 0 saturated carbocycles. The Morgan fingerprint density at radius 1 is 1.24 bits per heavy atom. The van der Waals surface area contributed by atoms with Crippen molar-refractivity contribution in [2.45, 2.75) is 19.8 Å². The van der Waals surface area contributed by atoms with E-state index in [1.807, 2.05) is 24.3 Å². The average molecular weight is 286 g/mol. The highest BCUT2D eigenvalue weighted by Gasteiger charge is 2.09. The molecular weight excluding hydrogens is 268 g/mol. The molecule has 0 saturated heterocycles. The van der Waals surface area contributed by atoms with Crippen LogP contribution in [0.4, 0.5) is 5.95 Å². The molecule has 0 spiro atoms. The van der Waals surface area contributed by atoms with Gasteiger partial charge in [-0.15, -0.1) is 0 Å². The summed E-state index contributed by atoms with van der Waals surface area (Å²) in [5, 5.41) is 0. The molecule has 0 fully saturated rings. The number of carbonyl (C=O) groups excluding carboxylic acids is 1. The number of amides is 1. The Morgan fingerprint density at radius 3 is 2.57 bits per heavy atom. The normalized spacial score (nSPS) is 10.3. The molecule has 0 bridgehead atoms. The van der Waals surface area contributed by atoms with E-state index < -0.39 is 5.91 Å². The predicted molar refractivity (Wildman–Crippen MR) is 80.8 cm³/mol. The van der Waals surface area contributed by atoms with Crippen molar-refractivity contribution in [1.29, 1.82) is 0 Å². The molecule has 0 radical (unpaired) electrons. The van der Waals surface area contributed by atoms with Crippen LogP contribution < -0.4 is 16.2 Å². The molecule has 0 unspecified atom stereocenters. The Morgan fingerprint density at radius 2 is 1.95 bits per heavy atom. The predicted octanol–water partition coefficient (Wildman–Crippen LogP) is 2.00. The molecule has 2 aromatic rings. The summed E-state index contributed by atoms with van der Waals surface area (Å²) in [6.07, 6.45) is 2.11. The number of anilines is 1. The second-order valence-electron chi connectivity index (χ2n) is 4.59. The summed E-state index contributed by atoms with van der Waals surface area (Å²) in [5.41, 5.74) is 12.3. The van der Waals surface area contributed by atoms with Gasteiger partial charge in [0.1, 0.15) is 11.4 Å². The molecule has 110 valence electrons. The number of benzene rings is 1. The minimum atomic E-state index is -0.634. The van der Waals surface area contributed by atoms with Gasteiger partial charge in [0.15, 0.2) is 0 Å². The first-order valence-electron chi connectivity index (χ1n) is 6.77. The Kier molecular flexibility index (Phi) is 4.71.